The highest BCUT2D eigenvalue weighted by molar-refractivity contribution is 5.92. The summed E-state index contributed by atoms with van der Waals surface area (Å²) >= 11 is 0. The molecule has 0 aromatic heterocycles. The Morgan fingerprint density at radius 3 is 2.08 bits per heavy atom. The van der Waals surface area contributed by atoms with E-state index in [4.69, 9.17) is 4.74 Å². The van der Waals surface area contributed by atoms with Crippen molar-refractivity contribution in [3.63, 3.8) is 0 Å². The van der Waals surface area contributed by atoms with E-state index >= 15 is 0 Å². The van der Waals surface area contributed by atoms with Crippen molar-refractivity contribution in [3.05, 3.63) is 71.3 Å². The van der Waals surface area contributed by atoms with E-state index in [9.17, 15) is 14.4 Å². The molecule has 2 rings (SSSR count). The largest absolute Gasteiger partial charge is 0.444 e. The summed E-state index contributed by atoms with van der Waals surface area (Å²) < 4.78 is 5.48. The number of hydrogen-bond donors (Lipinski definition) is 2. The number of rotatable bonds is 12. The van der Waals surface area contributed by atoms with Crippen LogP contribution in [0.4, 0.5) is 4.79 Å². The highest BCUT2D eigenvalue weighted by atomic mass is 16.6. The van der Waals surface area contributed by atoms with Gasteiger partial charge < -0.3 is 20.3 Å². The van der Waals surface area contributed by atoms with Crippen molar-refractivity contribution in [2.75, 3.05) is 6.54 Å². The van der Waals surface area contributed by atoms with Crippen molar-refractivity contribution >= 4 is 17.9 Å². The molecule has 7 heteroatoms. The second-order valence-corrected chi connectivity index (χ2v) is 10.9. The van der Waals surface area contributed by atoms with E-state index in [-0.39, 0.29) is 24.3 Å². The molecule has 0 aliphatic rings. The van der Waals surface area contributed by atoms with Crippen LogP contribution in [0.2, 0.25) is 0 Å². The van der Waals surface area contributed by atoms with Crippen molar-refractivity contribution in [1.82, 2.24) is 15.5 Å². The zero-order valence-electron chi connectivity index (χ0n) is 24.0. The average Bonchev–Trinajstić information content (AvgIpc) is 2.86. The average molecular weight is 524 g/mol. The van der Waals surface area contributed by atoms with Gasteiger partial charge in [-0.25, -0.2) is 4.79 Å². The van der Waals surface area contributed by atoms with Crippen molar-refractivity contribution in [2.24, 2.45) is 0 Å². The highest BCUT2D eigenvalue weighted by Crippen LogP contribution is 2.26. The van der Waals surface area contributed by atoms with Crippen LogP contribution < -0.4 is 10.6 Å². The molecule has 38 heavy (non-hydrogen) atoms. The molecule has 7 nitrogen and oxygen atoms in total. The Kier molecular flexibility index (Phi) is 11.8. The molecule has 0 aliphatic carbocycles. The fourth-order valence-corrected chi connectivity index (χ4v) is 4.22. The van der Waals surface area contributed by atoms with Crippen LogP contribution in [0.3, 0.4) is 0 Å². The van der Waals surface area contributed by atoms with Crippen LogP contribution in [-0.4, -0.2) is 47.0 Å². The van der Waals surface area contributed by atoms with Crippen LogP contribution in [0, 0.1) is 0 Å². The van der Waals surface area contributed by atoms with Gasteiger partial charge >= 0.3 is 6.09 Å². The number of benzene rings is 2. The molecule has 2 aromatic rings. The first-order chi connectivity index (χ1) is 18.0. The van der Waals surface area contributed by atoms with Crippen LogP contribution in [0.1, 0.15) is 84.0 Å². The maximum absolute atomic E-state index is 14.2. The highest BCUT2D eigenvalue weighted by Gasteiger charge is 2.37. The van der Waals surface area contributed by atoms with Gasteiger partial charge in [0, 0.05) is 19.0 Å². The topological polar surface area (TPSA) is 87.7 Å². The summed E-state index contributed by atoms with van der Waals surface area (Å²) in [5, 5.41) is 5.81. The van der Waals surface area contributed by atoms with E-state index in [0.29, 0.717) is 6.54 Å². The molecular formula is C31H45N3O4. The molecule has 2 aromatic carbocycles. The van der Waals surface area contributed by atoms with Crippen molar-refractivity contribution in [1.29, 1.82) is 0 Å². The Balaban J connectivity index is 2.50. The van der Waals surface area contributed by atoms with E-state index in [1.54, 1.807) is 25.7 Å². The third-order valence-electron chi connectivity index (χ3n) is 6.14. The number of carbonyl (C=O) groups excluding carboxylic acids is 3. The van der Waals surface area contributed by atoms with Crippen molar-refractivity contribution in [2.45, 2.75) is 97.9 Å². The smallest absolute Gasteiger partial charge is 0.408 e. The maximum Gasteiger partial charge on any atom is 0.408 e. The minimum absolute atomic E-state index is 0.236. The molecule has 2 atom stereocenters. The minimum atomic E-state index is -0.921. The Bertz CT molecular complexity index is 1030. The van der Waals surface area contributed by atoms with Gasteiger partial charge in [0.15, 0.2) is 0 Å². The second-order valence-electron chi connectivity index (χ2n) is 10.9. The van der Waals surface area contributed by atoms with E-state index in [2.05, 4.69) is 24.5 Å². The van der Waals surface area contributed by atoms with Crippen LogP contribution in [0.15, 0.2) is 54.6 Å². The molecule has 0 saturated carbocycles. The number of amides is 3. The predicted molar refractivity (Wildman–Crippen MR) is 152 cm³/mol. The molecule has 0 heterocycles. The van der Waals surface area contributed by atoms with Gasteiger partial charge in [-0.3, -0.25) is 9.59 Å². The summed E-state index contributed by atoms with van der Waals surface area (Å²) in [7, 11) is 0. The summed E-state index contributed by atoms with van der Waals surface area (Å²) in [5.41, 5.74) is 2.05. The van der Waals surface area contributed by atoms with Gasteiger partial charge in [0.1, 0.15) is 17.7 Å². The molecule has 0 aliphatic heterocycles. The maximum atomic E-state index is 14.2. The van der Waals surface area contributed by atoms with Crippen molar-refractivity contribution in [3.8, 4) is 0 Å². The zero-order valence-corrected chi connectivity index (χ0v) is 24.0. The molecule has 0 saturated heterocycles. The SMILES string of the molecule is CCCCNC(=O)C(c1ccc(CC)cc1)N(C(=O)C(Cc1ccccc1)NC(=O)OC(C)(C)C)C(C)C. The Hall–Kier alpha value is -3.35. The first-order valence-corrected chi connectivity index (χ1v) is 13.7. The van der Waals surface area contributed by atoms with E-state index in [1.165, 1.54) is 0 Å². The molecule has 2 N–H and O–H groups in total. The third kappa shape index (κ3) is 9.51. The molecular weight excluding hydrogens is 478 g/mol. The molecule has 0 spiro atoms. The molecule has 2 unspecified atom stereocenters. The predicted octanol–water partition coefficient (Wildman–Crippen LogP) is 5.58. The third-order valence-corrected chi connectivity index (χ3v) is 6.14. The lowest BCUT2D eigenvalue weighted by atomic mass is 9.97. The second kappa shape index (κ2) is 14.6. The zero-order chi connectivity index (χ0) is 28.3. The van der Waals surface area contributed by atoms with Crippen LogP contribution in [-0.2, 0) is 27.2 Å². The summed E-state index contributed by atoms with van der Waals surface area (Å²) in [4.78, 5) is 42.2. The molecule has 0 bridgehead atoms. The van der Waals surface area contributed by atoms with Gasteiger partial charge in [0.25, 0.3) is 0 Å². The standard InChI is InChI=1S/C31H45N3O4/c1-8-10-20-32-28(35)27(25-18-16-23(9-2)17-19-25)34(22(3)4)29(36)26(21-24-14-12-11-13-15-24)33-30(37)38-31(5,6)7/h11-19,22,26-27H,8-10,20-21H2,1-7H3,(H,32,35)(H,33,37). The van der Waals surface area contributed by atoms with Crippen LogP contribution in [0.25, 0.3) is 0 Å². The molecule has 208 valence electrons. The lowest BCUT2D eigenvalue weighted by Gasteiger charge is -2.37. The van der Waals surface area contributed by atoms with Crippen molar-refractivity contribution < 1.29 is 19.1 Å². The fourth-order valence-electron chi connectivity index (χ4n) is 4.22. The number of nitrogens with one attached hydrogen (secondary N) is 2. The number of ether oxygens (including phenoxy) is 1. The van der Waals surface area contributed by atoms with Gasteiger partial charge in [-0.2, -0.15) is 0 Å². The fraction of sp³-hybridized carbons (Fsp3) is 0.516. The van der Waals surface area contributed by atoms with Crippen LogP contribution in [0.5, 0.6) is 0 Å². The van der Waals surface area contributed by atoms with Gasteiger partial charge in [0.2, 0.25) is 11.8 Å². The van der Waals surface area contributed by atoms with E-state index in [1.807, 2.05) is 68.4 Å². The van der Waals surface area contributed by atoms with E-state index in [0.717, 1.165) is 36.0 Å². The molecule has 0 fully saturated rings. The summed E-state index contributed by atoms with van der Waals surface area (Å²) in [5.74, 6) is -0.578. The summed E-state index contributed by atoms with van der Waals surface area (Å²) in [6, 6.07) is 15.2. The Labute approximate surface area is 228 Å². The molecule has 3 amide bonds. The first-order valence-electron chi connectivity index (χ1n) is 13.7. The lowest BCUT2D eigenvalue weighted by Crippen LogP contribution is -2.55. The number of hydrogen-bond acceptors (Lipinski definition) is 4. The number of carbonyl (C=O) groups is 3. The Morgan fingerprint density at radius 2 is 1.55 bits per heavy atom. The number of unbranched alkanes of at least 4 members (excludes halogenated alkanes) is 1. The lowest BCUT2D eigenvalue weighted by molar-refractivity contribution is -0.144. The van der Waals surface area contributed by atoms with Gasteiger partial charge in [-0.15, -0.1) is 0 Å². The number of nitrogens with zero attached hydrogens (tertiary/aromatic N) is 1. The normalized spacial score (nSPS) is 12.9. The molecule has 0 radical (unpaired) electrons. The van der Waals surface area contributed by atoms with Gasteiger partial charge in [-0.1, -0.05) is 74.9 Å². The summed E-state index contributed by atoms with van der Waals surface area (Å²) in [6.45, 7) is 13.8. The first kappa shape index (κ1) is 30.9. The number of aryl methyl sites for hydroxylation is 1. The van der Waals surface area contributed by atoms with Gasteiger partial charge in [-0.05, 0) is 64.2 Å². The Morgan fingerprint density at radius 1 is 0.921 bits per heavy atom. The number of alkyl carbamates (subject to hydrolysis) is 1. The monoisotopic (exact) mass is 523 g/mol. The van der Waals surface area contributed by atoms with Gasteiger partial charge in [0.05, 0.1) is 0 Å². The summed E-state index contributed by atoms with van der Waals surface area (Å²) in [6.07, 6.45) is 2.26. The minimum Gasteiger partial charge on any atom is -0.444 e. The van der Waals surface area contributed by atoms with Crippen LogP contribution >= 0.6 is 0 Å². The van der Waals surface area contributed by atoms with E-state index < -0.39 is 23.8 Å². The quantitative estimate of drug-likeness (QED) is 0.356.